The van der Waals surface area contributed by atoms with E-state index in [9.17, 15) is 4.79 Å². The molecule has 4 aromatic rings. The van der Waals surface area contributed by atoms with E-state index >= 15 is 0 Å². The number of aromatic amines is 1. The Bertz CT molecular complexity index is 1480. The smallest absolute Gasteiger partial charge is 0.267 e. The Labute approximate surface area is 189 Å². The average Bonchev–Trinajstić information content (AvgIpc) is 3.53. The zero-order valence-electron chi connectivity index (χ0n) is 18.6. The second-order valence-electron chi connectivity index (χ2n) is 9.07. The predicted molar refractivity (Wildman–Crippen MR) is 122 cm³/mol. The number of rotatable bonds is 1. The summed E-state index contributed by atoms with van der Waals surface area (Å²) in [7, 11) is 1.76. The van der Waals surface area contributed by atoms with E-state index in [2.05, 4.69) is 43.9 Å². The molecule has 6 heterocycles. The van der Waals surface area contributed by atoms with E-state index in [4.69, 9.17) is 9.72 Å². The summed E-state index contributed by atoms with van der Waals surface area (Å²) in [5.41, 5.74) is 2.25. The highest BCUT2D eigenvalue weighted by Gasteiger charge is 2.41. The number of fused-ring (bicyclic) bond motifs is 2. The van der Waals surface area contributed by atoms with Gasteiger partial charge in [-0.15, -0.1) is 0 Å². The summed E-state index contributed by atoms with van der Waals surface area (Å²) in [4.78, 5) is 24.5. The summed E-state index contributed by atoms with van der Waals surface area (Å²) in [6, 6.07) is 3.67. The van der Waals surface area contributed by atoms with Gasteiger partial charge in [0.15, 0.2) is 17.0 Å². The van der Waals surface area contributed by atoms with Crippen molar-refractivity contribution in [3.63, 3.8) is 0 Å². The van der Waals surface area contributed by atoms with Crippen LogP contribution in [0.1, 0.15) is 37.6 Å². The number of aromatic nitrogens is 7. The predicted octanol–water partition coefficient (Wildman–Crippen LogP) is 1.49. The van der Waals surface area contributed by atoms with Crippen LogP contribution in [0, 0.1) is 17.3 Å². The Balaban J connectivity index is 1.31. The van der Waals surface area contributed by atoms with Gasteiger partial charge >= 0.3 is 0 Å². The number of H-pyrrole nitrogens is 1. The molecule has 10 heteroatoms. The maximum absolute atomic E-state index is 13.3. The Morgan fingerprint density at radius 1 is 1.27 bits per heavy atom. The van der Waals surface area contributed by atoms with Gasteiger partial charge in [0.05, 0.1) is 18.9 Å². The molecule has 4 aromatic heterocycles. The maximum Gasteiger partial charge on any atom is 0.267 e. The van der Waals surface area contributed by atoms with Crippen molar-refractivity contribution in [2.75, 3.05) is 24.6 Å². The molecule has 168 valence electrons. The van der Waals surface area contributed by atoms with Gasteiger partial charge in [0.25, 0.3) is 5.56 Å². The van der Waals surface area contributed by atoms with Crippen LogP contribution in [0.15, 0.2) is 29.3 Å². The number of piperidine rings is 1. The molecule has 0 aliphatic carbocycles. The molecule has 2 aliphatic heterocycles. The number of imidazole rings is 1. The third kappa shape index (κ3) is 3.27. The Hall–Kier alpha value is -3.71. The third-order valence-electron chi connectivity index (χ3n) is 6.87. The number of nitrogens with one attached hydrogen (secondary N) is 1. The molecule has 0 amide bonds. The van der Waals surface area contributed by atoms with Crippen LogP contribution in [0.25, 0.3) is 16.7 Å². The minimum absolute atomic E-state index is 0.164. The first-order valence-electron chi connectivity index (χ1n) is 11.2. The van der Waals surface area contributed by atoms with Crippen LogP contribution < -0.4 is 10.5 Å². The molecule has 1 N–H and O–H groups in total. The van der Waals surface area contributed by atoms with Crippen molar-refractivity contribution in [1.29, 1.82) is 0 Å². The van der Waals surface area contributed by atoms with Crippen molar-refractivity contribution in [3.05, 3.63) is 46.3 Å². The van der Waals surface area contributed by atoms with Crippen LogP contribution in [0.2, 0.25) is 0 Å². The second kappa shape index (κ2) is 7.42. The van der Waals surface area contributed by atoms with Gasteiger partial charge in [-0.05, 0) is 55.6 Å². The molecule has 0 bridgehead atoms. The molecule has 1 spiro atoms. The molecule has 33 heavy (non-hydrogen) atoms. The number of hydrogen-bond donors (Lipinski definition) is 1. The van der Waals surface area contributed by atoms with Crippen molar-refractivity contribution >= 4 is 22.6 Å². The zero-order chi connectivity index (χ0) is 22.6. The van der Waals surface area contributed by atoms with Crippen LogP contribution in [0.4, 0.5) is 5.95 Å². The molecule has 0 radical (unpaired) electrons. The largest absolute Gasteiger partial charge is 0.378 e. The van der Waals surface area contributed by atoms with E-state index in [-0.39, 0.29) is 11.0 Å². The highest BCUT2D eigenvalue weighted by atomic mass is 16.5. The van der Waals surface area contributed by atoms with E-state index in [0.717, 1.165) is 39.0 Å². The molecule has 0 unspecified atom stereocenters. The van der Waals surface area contributed by atoms with E-state index in [1.165, 1.54) is 0 Å². The zero-order valence-corrected chi connectivity index (χ0v) is 18.6. The lowest BCUT2D eigenvalue weighted by Gasteiger charge is -2.39. The van der Waals surface area contributed by atoms with Gasteiger partial charge in [0, 0.05) is 26.3 Å². The topological polar surface area (TPSA) is 106 Å². The summed E-state index contributed by atoms with van der Waals surface area (Å²) >= 11 is 0. The maximum atomic E-state index is 13.3. The molecular formula is C23H24N8O2. The van der Waals surface area contributed by atoms with Crippen molar-refractivity contribution in [1.82, 2.24) is 34.3 Å². The lowest BCUT2D eigenvalue weighted by molar-refractivity contribution is 0.0974. The van der Waals surface area contributed by atoms with Gasteiger partial charge in [-0.25, -0.2) is 9.50 Å². The van der Waals surface area contributed by atoms with Crippen molar-refractivity contribution < 1.29 is 4.74 Å². The fourth-order valence-corrected chi connectivity index (χ4v) is 5.04. The van der Waals surface area contributed by atoms with E-state index in [1.807, 2.05) is 12.1 Å². The van der Waals surface area contributed by atoms with Crippen LogP contribution in [0.5, 0.6) is 0 Å². The molecule has 1 atom stereocenters. The highest BCUT2D eigenvalue weighted by Crippen LogP contribution is 2.42. The Kier molecular flexibility index (Phi) is 4.48. The van der Waals surface area contributed by atoms with Crippen LogP contribution >= 0.6 is 0 Å². The van der Waals surface area contributed by atoms with Gasteiger partial charge in [0.2, 0.25) is 5.95 Å². The first-order chi connectivity index (χ1) is 16.0. The molecule has 2 fully saturated rings. The second-order valence-corrected chi connectivity index (χ2v) is 9.07. The quantitative estimate of drug-likeness (QED) is 0.444. The minimum atomic E-state index is -0.164. The van der Waals surface area contributed by atoms with Crippen LogP contribution in [-0.4, -0.2) is 60.1 Å². The Morgan fingerprint density at radius 3 is 2.91 bits per heavy atom. The molecule has 2 aliphatic rings. The summed E-state index contributed by atoms with van der Waals surface area (Å²) < 4.78 is 9.09. The van der Waals surface area contributed by atoms with E-state index < -0.39 is 0 Å². The summed E-state index contributed by atoms with van der Waals surface area (Å²) in [5, 5.41) is 11.8. The first-order valence-corrected chi connectivity index (χ1v) is 11.2. The summed E-state index contributed by atoms with van der Waals surface area (Å²) in [6.07, 6.45) is 6.84. The van der Waals surface area contributed by atoms with Crippen LogP contribution in [0.3, 0.4) is 0 Å². The van der Waals surface area contributed by atoms with Crippen molar-refractivity contribution in [3.8, 4) is 11.8 Å². The number of anilines is 1. The fraction of sp³-hybridized carbons (Fsp3) is 0.435. The Morgan fingerprint density at radius 2 is 2.12 bits per heavy atom. The molecule has 2 saturated heterocycles. The van der Waals surface area contributed by atoms with Gasteiger partial charge in [0.1, 0.15) is 11.1 Å². The third-order valence-corrected chi connectivity index (χ3v) is 6.87. The molecule has 0 saturated carbocycles. The molecular weight excluding hydrogens is 420 g/mol. The van der Waals surface area contributed by atoms with Crippen molar-refractivity contribution in [2.24, 2.45) is 12.5 Å². The SMILES string of the molecule is C[C@H]1CC2(CCN(c3nc4[nH]nc(C#Cc5cnc6cccnn56)c4c(=O)n3C)CC2)CO1. The minimum Gasteiger partial charge on any atom is -0.378 e. The first kappa shape index (κ1) is 19.9. The lowest BCUT2D eigenvalue weighted by Crippen LogP contribution is -2.43. The summed E-state index contributed by atoms with van der Waals surface area (Å²) in [6.45, 7) is 4.68. The number of hydrogen-bond acceptors (Lipinski definition) is 7. The number of nitrogens with zero attached hydrogens (tertiary/aromatic N) is 7. The summed E-state index contributed by atoms with van der Waals surface area (Å²) in [5.74, 6) is 6.67. The lowest BCUT2D eigenvalue weighted by atomic mass is 9.77. The normalized spacial score (nSPS) is 19.9. The van der Waals surface area contributed by atoms with Gasteiger partial charge in [-0.2, -0.15) is 15.2 Å². The number of ether oxygens (including phenoxy) is 1. The molecule has 0 aromatic carbocycles. The van der Waals surface area contributed by atoms with Crippen LogP contribution in [-0.2, 0) is 11.8 Å². The van der Waals surface area contributed by atoms with E-state index in [1.54, 1.807) is 28.5 Å². The van der Waals surface area contributed by atoms with Gasteiger partial charge in [-0.3, -0.25) is 14.5 Å². The average molecular weight is 444 g/mol. The molecule has 10 nitrogen and oxygen atoms in total. The van der Waals surface area contributed by atoms with Gasteiger partial charge in [-0.1, -0.05) is 0 Å². The molecule has 6 rings (SSSR count). The fourth-order valence-electron chi connectivity index (χ4n) is 5.04. The van der Waals surface area contributed by atoms with Crippen molar-refractivity contribution in [2.45, 2.75) is 32.3 Å². The highest BCUT2D eigenvalue weighted by molar-refractivity contribution is 5.81. The van der Waals surface area contributed by atoms with Gasteiger partial charge < -0.3 is 9.64 Å². The van der Waals surface area contributed by atoms with E-state index in [0.29, 0.717) is 40.1 Å². The monoisotopic (exact) mass is 444 g/mol. The standard InChI is InChI=1S/C23H24N8O2/c1-15-12-23(14-33-15)7-10-30(11-8-23)22-26-20-19(21(32)29(22)2)17(27-28-20)6-5-16-13-24-18-4-3-9-25-31(16)18/h3-4,9,13,15H,7-8,10-12,14H2,1-2H3,(H,27,28)/t15-/m0/s1.